The van der Waals surface area contributed by atoms with E-state index in [2.05, 4.69) is 25.0 Å². The van der Waals surface area contributed by atoms with Crippen molar-refractivity contribution < 1.29 is 14.2 Å². The predicted octanol–water partition coefficient (Wildman–Crippen LogP) is 4.16. The lowest BCUT2D eigenvalue weighted by Crippen LogP contribution is -2.23. The van der Waals surface area contributed by atoms with Gasteiger partial charge < -0.3 is 14.2 Å². The molecule has 0 aliphatic carbocycles. The van der Waals surface area contributed by atoms with E-state index in [1.165, 1.54) is 15.8 Å². The fourth-order valence-electron chi connectivity index (χ4n) is 3.29. The van der Waals surface area contributed by atoms with Gasteiger partial charge in [-0.25, -0.2) is 4.68 Å². The van der Waals surface area contributed by atoms with Crippen LogP contribution in [0.3, 0.4) is 0 Å². The molecule has 30 heavy (non-hydrogen) atoms. The van der Waals surface area contributed by atoms with Crippen LogP contribution in [0, 0.1) is 13.8 Å². The summed E-state index contributed by atoms with van der Waals surface area (Å²) in [6.45, 7) is 6.43. The van der Waals surface area contributed by atoms with E-state index in [0.29, 0.717) is 38.5 Å². The van der Waals surface area contributed by atoms with Crippen LogP contribution in [0.15, 0.2) is 53.3 Å². The lowest BCUT2D eigenvalue weighted by molar-refractivity contribution is 0.297. The Morgan fingerprint density at radius 3 is 2.63 bits per heavy atom. The highest BCUT2D eigenvalue weighted by molar-refractivity contribution is 5.63. The molecule has 0 atom stereocenters. The average molecular weight is 406 g/mol. The monoisotopic (exact) mass is 406 g/mol. The summed E-state index contributed by atoms with van der Waals surface area (Å²) in [6.07, 6.45) is 1.54. The van der Waals surface area contributed by atoms with Gasteiger partial charge in [0.05, 0.1) is 25.5 Å². The molecule has 4 rings (SSSR count). The SMILES string of the molecule is Cc1ccc(OCCCn2nc(-c3ccc4c(c3)OCCCO4)ccc2=O)cc1C. The van der Waals surface area contributed by atoms with Crippen LogP contribution in [0.4, 0.5) is 0 Å². The number of hydrogen-bond acceptors (Lipinski definition) is 5. The third-order valence-electron chi connectivity index (χ3n) is 5.17. The first kappa shape index (κ1) is 20.0. The van der Waals surface area contributed by atoms with Crippen LogP contribution >= 0.6 is 0 Å². The first-order chi connectivity index (χ1) is 14.6. The van der Waals surface area contributed by atoms with Crippen LogP contribution < -0.4 is 19.8 Å². The van der Waals surface area contributed by atoms with Gasteiger partial charge in [-0.05, 0) is 61.4 Å². The Labute approximate surface area is 176 Å². The maximum Gasteiger partial charge on any atom is 0.266 e. The molecule has 0 radical (unpaired) electrons. The molecule has 2 aromatic carbocycles. The molecule has 1 aromatic heterocycles. The van der Waals surface area contributed by atoms with Crippen molar-refractivity contribution in [2.75, 3.05) is 19.8 Å². The van der Waals surface area contributed by atoms with Gasteiger partial charge in [0.2, 0.25) is 0 Å². The minimum Gasteiger partial charge on any atom is -0.494 e. The zero-order valence-corrected chi connectivity index (χ0v) is 17.4. The standard InChI is InChI=1S/C24H26N2O4/c1-17-5-7-20(15-18(17)2)28-12-3-11-26-24(27)10-8-21(25-26)19-6-9-22-23(16-19)30-14-4-13-29-22/h5-10,15-16H,3-4,11-14H2,1-2H3. The van der Waals surface area contributed by atoms with Gasteiger partial charge in [0.15, 0.2) is 11.5 Å². The van der Waals surface area contributed by atoms with Crippen molar-refractivity contribution in [2.45, 2.75) is 33.2 Å². The first-order valence-corrected chi connectivity index (χ1v) is 10.3. The Morgan fingerprint density at radius 1 is 0.967 bits per heavy atom. The van der Waals surface area contributed by atoms with Crippen molar-refractivity contribution in [1.82, 2.24) is 9.78 Å². The van der Waals surface area contributed by atoms with Crippen LogP contribution in [0.5, 0.6) is 17.2 Å². The molecule has 3 aromatic rings. The summed E-state index contributed by atoms with van der Waals surface area (Å²) < 4.78 is 18.8. The van der Waals surface area contributed by atoms with Crippen LogP contribution in [-0.4, -0.2) is 29.6 Å². The number of ether oxygens (including phenoxy) is 3. The topological polar surface area (TPSA) is 62.6 Å². The summed E-state index contributed by atoms with van der Waals surface area (Å²) in [7, 11) is 0. The Morgan fingerprint density at radius 2 is 1.80 bits per heavy atom. The fraction of sp³-hybridized carbons (Fsp3) is 0.333. The summed E-state index contributed by atoms with van der Waals surface area (Å²) in [4.78, 5) is 12.2. The highest BCUT2D eigenvalue weighted by Gasteiger charge is 2.12. The molecular weight excluding hydrogens is 380 g/mol. The second kappa shape index (κ2) is 9.03. The summed E-state index contributed by atoms with van der Waals surface area (Å²) >= 11 is 0. The van der Waals surface area contributed by atoms with Crippen molar-refractivity contribution in [3.63, 3.8) is 0 Å². The van der Waals surface area contributed by atoms with Crippen molar-refractivity contribution in [3.8, 4) is 28.5 Å². The number of fused-ring (bicyclic) bond motifs is 1. The number of hydrogen-bond donors (Lipinski definition) is 0. The van der Waals surface area contributed by atoms with Gasteiger partial charge >= 0.3 is 0 Å². The quantitative estimate of drug-likeness (QED) is 0.575. The summed E-state index contributed by atoms with van der Waals surface area (Å²) in [5.41, 5.74) is 3.93. The Hall–Kier alpha value is -3.28. The Kier molecular flexibility index (Phi) is 6.02. The van der Waals surface area contributed by atoms with E-state index in [-0.39, 0.29) is 5.56 Å². The molecular formula is C24H26N2O4. The van der Waals surface area contributed by atoms with E-state index in [9.17, 15) is 4.79 Å². The van der Waals surface area contributed by atoms with Crippen molar-refractivity contribution in [3.05, 3.63) is 70.0 Å². The normalized spacial score (nSPS) is 13.0. The van der Waals surface area contributed by atoms with Crippen LogP contribution in [0.25, 0.3) is 11.3 Å². The van der Waals surface area contributed by atoms with E-state index >= 15 is 0 Å². The lowest BCUT2D eigenvalue weighted by Gasteiger charge is -2.11. The molecule has 0 bridgehead atoms. The van der Waals surface area contributed by atoms with Crippen molar-refractivity contribution in [2.24, 2.45) is 0 Å². The van der Waals surface area contributed by atoms with Gasteiger partial charge in [0.1, 0.15) is 5.75 Å². The maximum absolute atomic E-state index is 12.2. The zero-order valence-electron chi connectivity index (χ0n) is 17.4. The fourth-order valence-corrected chi connectivity index (χ4v) is 3.29. The highest BCUT2D eigenvalue weighted by Crippen LogP contribution is 2.33. The first-order valence-electron chi connectivity index (χ1n) is 10.3. The second-order valence-electron chi connectivity index (χ2n) is 7.44. The van der Waals surface area contributed by atoms with Gasteiger partial charge in [-0.15, -0.1) is 0 Å². The van der Waals surface area contributed by atoms with Gasteiger partial charge in [0.25, 0.3) is 5.56 Å². The molecule has 0 saturated heterocycles. The number of nitrogens with zero attached hydrogens (tertiary/aromatic N) is 2. The minimum atomic E-state index is -0.126. The van der Waals surface area contributed by atoms with E-state index < -0.39 is 0 Å². The number of aryl methyl sites for hydroxylation is 3. The number of rotatable bonds is 6. The van der Waals surface area contributed by atoms with Gasteiger partial charge in [-0.3, -0.25) is 4.79 Å². The Bertz CT molecular complexity index is 1090. The third kappa shape index (κ3) is 4.64. The molecule has 0 unspecified atom stereocenters. The summed E-state index contributed by atoms with van der Waals surface area (Å²) in [5, 5.41) is 4.54. The molecule has 6 nitrogen and oxygen atoms in total. The molecule has 6 heteroatoms. The molecule has 0 saturated carbocycles. The smallest absolute Gasteiger partial charge is 0.266 e. The van der Waals surface area contributed by atoms with Gasteiger partial charge in [0, 0.05) is 31.0 Å². The summed E-state index contributed by atoms with van der Waals surface area (Å²) in [6, 6.07) is 15.1. The van der Waals surface area contributed by atoms with Gasteiger partial charge in [-0.1, -0.05) is 6.07 Å². The molecule has 156 valence electrons. The van der Waals surface area contributed by atoms with Crippen molar-refractivity contribution >= 4 is 0 Å². The number of benzene rings is 2. The highest BCUT2D eigenvalue weighted by atomic mass is 16.5. The largest absolute Gasteiger partial charge is 0.494 e. The maximum atomic E-state index is 12.2. The average Bonchev–Trinajstić information content (AvgIpc) is 2.99. The van der Waals surface area contributed by atoms with E-state index in [4.69, 9.17) is 14.2 Å². The van der Waals surface area contributed by atoms with Crippen LogP contribution in [-0.2, 0) is 6.54 Å². The minimum absolute atomic E-state index is 0.126. The Balaban J connectivity index is 1.42. The van der Waals surface area contributed by atoms with E-state index in [1.54, 1.807) is 12.1 Å². The summed E-state index contributed by atoms with van der Waals surface area (Å²) in [5.74, 6) is 2.30. The molecule has 1 aliphatic heterocycles. The zero-order chi connectivity index (χ0) is 20.9. The van der Waals surface area contributed by atoms with E-state index in [0.717, 1.165) is 29.2 Å². The molecule has 1 aliphatic rings. The van der Waals surface area contributed by atoms with Crippen molar-refractivity contribution in [1.29, 1.82) is 0 Å². The predicted molar refractivity (Wildman–Crippen MR) is 116 cm³/mol. The van der Waals surface area contributed by atoms with Gasteiger partial charge in [-0.2, -0.15) is 5.10 Å². The van der Waals surface area contributed by atoms with Crippen LogP contribution in [0.2, 0.25) is 0 Å². The third-order valence-corrected chi connectivity index (χ3v) is 5.17. The molecule has 0 amide bonds. The second-order valence-corrected chi connectivity index (χ2v) is 7.44. The molecule has 0 spiro atoms. The lowest BCUT2D eigenvalue weighted by atomic mass is 10.1. The van der Waals surface area contributed by atoms with E-state index in [1.807, 2.05) is 30.3 Å². The molecule has 0 N–H and O–H groups in total. The van der Waals surface area contributed by atoms with Crippen LogP contribution in [0.1, 0.15) is 24.0 Å². The number of aromatic nitrogens is 2. The molecule has 2 heterocycles. The molecule has 0 fully saturated rings.